The molecular weight excluding hydrogens is 716 g/mol. The minimum absolute atomic E-state index is 0.0462. The zero-order chi connectivity index (χ0) is 40.1. The fourth-order valence-electron chi connectivity index (χ4n) is 8.24. The Morgan fingerprint density at radius 3 is 1.73 bits per heavy atom. The van der Waals surface area contributed by atoms with Crippen molar-refractivity contribution in [1.82, 2.24) is 9.80 Å². The minimum atomic E-state index is -1.13. The third kappa shape index (κ3) is 8.35. The highest BCUT2D eigenvalue weighted by molar-refractivity contribution is 6.06. The van der Waals surface area contributed by atoms with Crippen LogP contribution in [0.25, 0.3) is 0 Å². The van der Waals surface area contributed by atoms with Crippen molar-refractivity contribution in [3.05, 3.63) is 83.0 Å². The smallest absolute Gasteiger partial charge is 0.416 e. The van der Waals surface area contributed by atoms with Crippen molar-refractivity contribution >= 4 is 35.4 Å². The average Bonchev–Trinajstić information content (AvgIpc) is 3.35. The number of nitrogens with zero attached hydrogens (tertiary/aromatic N) is 4. The molecule has 0 aromatic heterocycles. The van der Waals surface area contributed by atoms with E-state index in [9.17, 15) is 24.3 Å². The van der Waals surface area contributed by atoms with E-state index in [0.717, 1.165) is 73.6 Å². The first-order valence-corrected chi connectivity index (χ1v) is 19.9. The molecule has 0 spiro atoms. The zero-order valence-corrected chi connectivity index (χ0v) is 33.2. The van der Waals surface area contributed by atoms with Gasteiger partial charge in [-0.25, -0.2) is 19.4 Å². The van der Waals surface area contributed by atoms with E-state index in [0.29, 0.717) is 48.6 Å². The van der Waals surface area contributed by atoms with Gasteiger partial charge in [0.15, 0.2) is 18.7 Å². The van der Waals surface area contributed by atoms with Gasteiger partial charge in [-0.3, -0.25) is 9.59 Å². The van der Waals surface area contributed by atoms with Gasteiger partial charge in [0.1, 0.15) is 13.2 Å². The standard InChI is InChI=1S/C24H32N2O5.C19H24N2O4/c1-4-12-30-24(28)26-20-15-17(3)16(2)14-18(20)22(27)25-11-7-5-9-19(25)23(26)31-21-10-6-8-13-29-21;1-4-9-25-19(24)21-16-11-13(3)12(2)10-14(16)17(22)20-8-6-5-7-15(20)18(21)23/h4,14-15,19,21,23H,1,5-13H2,2-3H3;4,10-11,15,18,23H,1,5-9H2,2-3H3/t19-,21?,23?;15-,18?/m00/s1. The maximum Gasteiger partial charge on any atom is 0.416 e. The van der Waals surface area contributed by atoms with Crippen molar-refractivity contribution < 1.29 is 43.2 Å². The molecule has 5 aliphatic heterocycles. The lowest BCUT2D eigenvalue weighted by Gasteiger charge is -2.42. The molecule has 5 heterocycles. The highest BCUT2D eigenvalue weighted by Gasteiger charge is 2.47. The van der Waals surface area contributed by atoms with Crippen molar-refractivity contribution in [1.29, 1.82) is 0 Å². The van der Waals surface area contributed by atoms with Crippen LogP contribution < -0.4 is 9.80 Å². The molecule has 3 saturated heterocycles. The Morgan fingerprint density at radius 2 is 1.20 bits per heavy atom. The molecule has 5 aliphatic rings. The highest BCUT2D eigenvalue weighted by Crippen LogP contribution is 2.39. The number of amides is 4. The number of aliphatic hydroxyl groups excluding tert-OH is 1. The van der Waals surface area contributed by atoms with Crippen LogP contribution in [0.4, 0.5) is 21.0 Å². The van der Waals surface area contributed by atoms with Gasteiger partial charge < -0.3 is 33.9 Å². The number of carbonyl (C=O) groups is 4. The van der Waals surface area contributed by atoms with Crippen LogP contribution in [0.3, 0.4) is 0 Å². The van der Waals surface area contributed by atoms with E-state index in [2.05, 4.69) is 13.2 Å². The summed E-state index contributed by atoms with van der Waals surface area (Å²) in [7, 11) is 0. The SMILES string of the molecule is C=CCOC(=O)N1c2cc(C)c(C)cc2C(=O)N2CCCC[C@H]2C1O.C=CCOC(=O)N1c2cc(C)c(C)cc2C(=O)N2CCCC[C@H]2C1OC1CCCCO1. The molecule has 13 nitrogen and oxygen atoms in total. The molecule has 0 radical (unpaired) electrons. The molecule has 3 unspecified atom stereocenters. The van der Waals surface area contributed by atoms with E-state index in [1.807, 2.05) is 44.7 Å². The molecule has 1 N–H and O–H groups in total. The van der Waals surface area contributed by atoms with E-state index in [1.165, 1.54) is 22.0 Å². The number of piperidine rings is 2. The van der Waals surface area contributed by atoms with Gasteiger partial charge in [0, 0.05) is 19.7 Å². The Bertz CT molecular complexity index is 1820. The number of carbonyl (C=O) groups excluding carboxylic acids is 4. The second-order valence-electron chi connectivity index (χ2n) is 15.2. The van der Waals surface area contributed by atoms with Crippen LogP contribution in [-0.2, 0) is 18.9 Å². The first kappa shape index (κ1) is 40.9. The van der Waals surface area contributed by atoms with Gasteiger partial charge in [-0.05, 0) is 132 Å². The number of hydrogen-bond donors (Lipinski definition) is 1. The first-order chi connectivity index (χ1) is 27.0. The predicted octanol–water partition coefficient (Wildman–Crippen LogP) is 7.07. The van der Waals surface area contributed by atoms with E-state index in [4.69, 9.17) is 18.9 Å². The lowest BCUT2D eigenvalue weighted by atomic mass is 9.99. The van der Waals surface area contributed by atoms with Crippen molar-refractivity contribution in [2.45, 2.75) is 116 Å². The van der Waals surface area contributed by atoms with Crippen molar-refractivity contribution in [2.75, 3.05) is 42.7 Å². The molecule has 302 valence electrons. The summed E-state index contributed by atoms with van der Waals surface area (Å²) >= 11 is 0. The number of benzene rings is 2. The molecule has 2 aromatic carbocycles. The minimum Gasteiger partial charge on any atom is -0.445 e. The Labute approximate surface area is 329 Å². The van der Waals surface area contributed by atoms with Crippen LogP contribution in [0.2, 0.25) is 0 Å². The number of hydrogen-bond acceptors (Lipinski definition) is 9. The number of anilines is 2. The molecule has 0 saturated carbocycles. The van der Waals surface area contributed by atoms with Crippen LogP contribution in [0.15, 0.2) is 49.6 Å². The summed E-state index contributed by atoms with van der Waals surface area (Å²) in [5.74, 6) is -0.194. The van der Waals surface area contributed by atoms with Gasteiger partial charge >= 0.3 is 12.2 Å². The van der Waals surface area contributed by atoms with Crippen molar-refractivity contribution in [2.24, 2.45) is 0 Å². The average molecular weight is 773 g/mol. The van der Waals surface area contributed by atoms with E-state index in [-0.39, 0.29) is 31.1 Å². The van der Waals surface area contributed by atoms with Crippen molar-refractivity contribution in [3.63, 3.8) is 0 Å². The number of fused-ring (bicyclic) bond motifs is 4. The number of ether oxygens (including phenoxy) is 4. The van der Waals surface area contributed by atoms with Crippen LogP contribution >= 0.6 is 0 Å². The van der Waals surface area contributed by atoms with Gasteiger partial charge in [0.25, 0.3) is 11.8 Å². The summed E-state index contributed by atoms with van der Waals surface area (Å²) < 4.78 is 22.9. The van der Waals surface area contributed by atoms with Gasteiger partial charge in [-0.15, -0.1) is 0 Å². The quantitative estimate of drug-likeness (QED) is 0.306. The second-order valence-corrected chi connectivity index (χ2v) is 15.2. The second kappa shape index (κ2) is 18.0. The highest BCUT2D eigenvalue weighted by atomic mass is 16.7. The molecule has 2 aromatic rings. The van der Waals surface area contributed by atoms with E-state index in [1.54, 1.807) is 17.0 Å². The molecular formula is C43H56N4O9. The van der Waals surface area contributed by atoms with E-state index >= 15 is 0 Å². The summed E-state index contributed by atoms with van der Waals surface area (Å²) in [6, 6.07) is 6.67. The molecule has 13 heteroatoms. The summed E-state index contributed by atoms with van der Waals surface area (Å²) in [5, 5.41) is 10.9. The molecule has 4 amide bonds. The lowest BCUT2D eigenvalue weighted by molar-refractivity contribution is -0.198. The molecule has 5 atom stereocenters. The number of rotatable bonds is 6. The topological polar surface area (TPSA) is 138 Å². The third-order valence-electron chi connectivity index (χ3n) is 11.5. The fourth-order valence-corrected chi connectivity index (χ4v) is 8.24. The Hall–Kier alpha value is -4.72. The molecule has 7 rings (SSSR count). The first-order valence-electron chi connectivity index (χ1n) is 19.9. The van der Waals surface area contributed by atoms with Crippen LogP contribution in [-0.4, -0.2) is 103 Å². The maximum absolute atomic E-state index is 13.6. The van der Waals surface area contributed by atoms with E-state index < -0.39 is 37.0 Å². The molecule has 56 heavy (non-hydrogen) atoms. The molecule has 3 fully saturated rings. The Balaban J connectivity index is 0.000000194. The van der Waals surface area contributed by atoms with Crippen LogP contribution in [0.1, 0.15) is 101 Å². The summed E-state index contributed by atoms with van der Waals surface area (Å²) in [6.45, 7) is 17.0. The fraction of sp³-hybridized carbons (Fsp3) is 0.535. The zero-order valence-electron chi connectivity index (χ0n) is 33.2. The lowest BCUT2D eigenvalue weighted by Crippen LogP contribution is -2.57. The van der Waals surface area contributed by atoms with Crippen LogP contribution in [0.5, 0.6) is 0 Å². The normalized spacial score (nSPS) is 24.6. The summed E-state index contributed by atoms with van der Waals surface area (Å²) in [4.78, 5) is 59.0. The summed E-state index contributed by atoms with van der Waals surface area (Å²) in [6.07, 6.45) is 7.53. The van der Waals surface area contributed by atoms with Crippen LogP contribution in [0, 0.1) is 27.7 Å². The van der Waals surface area contributed by atoms with Gasteiger partial charge in [-0.2, -0.15) is 0 Å². The summed E-state index contributed by atoms with van der Waals surface area (Å²) in [5.41, 5.74) is 5.82. The Kier molecular flexibility index (Phi) is 13.2. The number of aryl methyl sites for hydroxylation is 4. The number of aliphatic hydroxyl groups is 1. The molecule has 0 aliphatic carbocycles. The monoisotopic (exact) mass is 772 g/mol. The van der Waals surface area contributed by atoms with Gasteiger partial charge in [0.2, 0.25) is 0 Å². The Morgan fingerprint density at radius 1 is 0.714 bits per heavy atom. The van der Waals surface area contributed by atoms with Gasteiger partial charge in [0.05, 0.1) is 34.6 Å². The van der Waals surface area contributed by atoms with Crippen molar-refractivity contribution in [3.8, 4) is 0 Å². The molecule has 0 bridgehead atoms. The van der Waals surface area contributed by atoms with Gasteiger partial charge in [-0.1, -0.05) is 25.3 Å². The predicted molar refractivity (Wildman–Crippen MR) is 212 cm³/mol. The largest absolute Gasteiger partial charge is 0.445 e. The maximum atomic E-state index is 13.6. The third-order valence-corrected chi connectivity index (χ3v) is 11.5.